The number of carboxylic acids is 1. The normalized spacial score (nSPS) is 21.1. The van der Waals surface area contributed by atoms with Gasteiger partial charge in [-0.1, -0.05) is 19.8 Å². The van der Waals surface area contributed by atoms with Crippen molar-refractivity contribution in [2.75, 3.05) is 12.3 Å². The lowest BCUT2D eigenvalue weighted by atomic mass is 10.2. The Hall–Kier alpha value is -0.910. The molecule has 0 spiro atoms. The van der Waals surface area contributed by atoms with Crippen LogP contribution in [0.5, 0.6) is 0 Å². The number of aliphatic carboxylic acids is 1. The third kappa shape index (κ3) is 5.62. The Morgan fingerprint density at radius 3 is 2.78 bits per heavy atom. The molecule has 18 heavy (non-hydrogen) atoms. The summed E-state index contributed by atoms with van der Waals surface area (Å²) < 4.78 is 0. The summed E-state index contributed by atoms with van der Waals surface area (Å²) in [5.74, 6) is 0.181. The summed E-state index contributed by atoms with van der Waals surface area (Å²) in [5, 5.41) is 14.7. The van der Waals surface area contributed by atoms with Crippen molar-refractivity contribution >= 4 is 23.8 Å². The van der Waals surface area contributed by atoms with E-state index < -0.39 is 12.0 Å². The quantitative estimate of drug-likeness (QED) is 0.690. The van der Waals surface area contributed by atoms with Crippen molar-refractivity contribution in [2.45, 2.75) is 50.3 Å². The zero-order valence-electron chi connectivity index (χ0n) is 10.8. The number of carbonyl (C=O) groups is 2. The van der Waals surface area contributed by atoms with Crippen LogP contribution in [0.1, 0.15) is 39.0 Å². The molecule has 1 heterocycles. The fraction of sp³-hybridized carbons (Fsp3) is 0.833. The van der Waals surface area contributed by atoms with Crippen LogP contribution in [-0.4, -0.2) is 40.7 Å². The van der Waals surface area contributed by atoms with Gasteiger partial charge in [-0.3, -0.25) is 0 Å². The van der Waals surface area contributed by atoms with E-state index in [-0.39, 0.29) is 6.03 Å². The molecule has 0 aliphatic carbocycles. The molecule has 1 aliphatic heterocycles. The highest BCUT2D eigenvalue weighted by atomic mass is 32.2. The van der Waals surface area contributed by atoms with Crippen LogP contribution in [0.4, 0.5) is 4.79 Å². The summed E-state index contributed by atoms with van der Waals surface area (Å²) in [6.07, 6.45) is 4.79. The molecule has 1 aliphatic rings. The van der Waals surface area contributed by atoms with E-state index in [4.69, 9.17) is 5.11 Å². The van der Waals surface area contributed by atoms with Gasteiger partial charge in [0.05, 0.1) is 0 Å². The van der Waals surface area contributed by atoms with Crippen LogP contribution in [0.3, 0.4) is 0 Å². The third-order valence-corrected chi connectivity index (χ3v) is 4.34. The minimum Gasteiger partial charge on any atom is -0.480 e. The topological polar surface area (TPSA) is 78.4 Å². The van der Waals surface area contributed by atoms with E-state index >= 15 is 0 Å². The predicted octanol–water partition coefficient (Wildman–Crippen LogP) is 1.82. The van der Waals surface area contributed by atoms with Crippen molar-refractivity contribution in [3.8, 4) is 0 Å². The second-order valence-corrected chi connectivity index (χ2v) is 5.93. The van der Waals surface area contributed by atoms with E-state index in [0.29, 0.717) is 18.2 Å². The highest BCUT2D eigenvalue weighted by molar-refractivity contribution is 7.99. The van der Waals surface area contributed by atoms with Crippen LogP contribution in [-0.2, 0) is 4.79 Å². The molecular weight excluding hydrogens is 252 g/mol. The molecule has 0 radical (unpaired) electrons. The first-order valence-corrected chi connectivity index (χ1v) is 7.57. The molecule has 0 aromatic heterocycles. The van der Waals surface area contributed by atoms with Gasteiger partial charge in [0, 0.05) is 11.8 Å². The molecule has 3 N–H and O–H groups in total. The van der Waals surface area contributed by atoms with Crippen molar-refractivity contribution in [3.05, 3.63) is 0 Å². The fourth-order valence-electron chi connectivity index (χ4n) is 1.93. The number of nitrogens with one attached hydrogen (secondary N) is 2. The molecule has 2 amide bonds. The van der Waals surface area contributed by atoms with Gasteiger partial charge in [-0.05, 0) is 25.0 Å². The Morgan fingerprint density at radius 1 is 1.44 bits per heavy atom. The Kier molecular flexibility index (Phi) is 6.93. The van der Waals surface area contributed by atoms with Crippen LogP contribution < -0.4 is 10.6 Å². The largest absolute Gasteiger partial charge is 0.480 e. The van der Waals surface area contributed by atoms with Crippen LogP contribution >= 0.6 is 11.8 Å². The standard InChI is InChI=1S/C12H22N2O3S/c1-2-5-10(11(15)16)14-12(17)13-8-9-6-3-4-7-18-9/h9-10H,2-8H2,1H3,(H,15,16)(H2,13,14,17)/t9?,10-/m0/s1. The Labute approximate surface area is 112 Å². The molecule has 1 saturated heterocycles. The monoisotopic (exact) mass is 274 g/mol. The summed E-state index contributed by atoms with van der Waals surface area (Å²) in [4.78, 5) is 22.5. The first-order chi connectivity index (χ1) is 8.63. The van der Waals surface area contributed by atoms with Gasteiger partial charge in [-0.25, -0.2) is 9.59 Å². The number of carbonyl (C=O) groups excluding carboxylic acids is 1. The van der Waals surface area contributed by atoms with E-state index in [1.165, 1.54) is 12.8 Å². The molecular formula is C12H22N2O3S. The second-order valence-electron chi connectivity index (χ2n) is 4.52. The third-order valence-electron chi connectivity index (χ3n) is 2.95. The zero-order chi connectivity index (χ0) is 13.4. The van der Waals surface area contributed by atoms with Crippen molar-refractivity contribution in [2.24, 2.45) is 0 Å². The second kappa shape index (κ2) is 8.24. The zero-order valence-corrected chi connectivity index (χ0v) is 11.6. The number of thioether (sulfide) groups is 1. The molecule has 2 atom stereocenters. The lowest BCUT2D eigenvalue weighted by Crippen LogP contribution is -2.47. The average molecular weight is 274 g/mol. The first-order valence-electron chi connectivity index (χ1n) is 6.52. The van der Waals surface area contributed by atoms with Crippen LogP contribution in [0.25, 0.3) is 0 Å². The molecule has 104 valence electrons. The van der Waals surface area contributed by atoms with Crippen molar-refractivity contribution in [3.63, 3.8) is 0 Å². The van der Waals surface area contributed by atoms with E-state index in [0.717, 1.165) is 18.6 Å². The van der Waals surface area contributed by atoms with Gasteiger partial charge in [-0.15, -0.1) is 0 Å². The maximum absolute atomic E-state index is 11.6. The van der Waals surface area contributed by atoms with Gasteiger partial charge >= 0.3 is 12.0 Å². The van der Waals surface area contributed by atoms with Crippen molar-refractivity contribution < 1.29 is 14.7 Å². The Bertz CT molecular complexity index is 280. The van der Waals surface area contributed by atoms with E-state index in [9.17, 15) is 9.59 Å². The van der Waals surface area contributed by atoms with Gasteiger partial charge in [0.15, 0.2) is 0 Å². The Balaban J connectivity index is 2.24. The number of urea groups is 1. The Morgan fingerprint density at radius 2 is 2.22 bits per heavy atom. The summed E-state index contributed by atoms with van der Waals surface area (Å²) in [5.41, 5.74) is 0. The van der Waals surface area contributed by atoms with Gasteiger partial charge in [0.2, 0.25) is 0 Å². The smallest absolute Gasteiger partial charge is 0.326 e. The summed E-state index contributed by atoms with van der Waals surface area (Å²) in [6.45, 7) is 2.52. The molecule has 1 fully saturated rings. The van der Waals surface area contributed by atoms with Crippen molar-refractivity contribution in [1.82, 2.24) is 10.6 Å². The van der Waals surface area contributed by atoms with Gasteiger partial charge in [0.25, 0.3) is 0 Å². The molecule has 0 bridgehead atoms. The first kappa shape index (κ1) is 15.1. The number of amides is 2. The van der Waals surface area contributed by atoms with E-state index in [1.807, 2.05) is 18.7 Å². The lowest BCUT2D eigenvalue weighted by Gasteiger charge is -2.22. The van der Waals surface area contributed by atoms with E-state index in [1.54, 1.807) is 0 Å². The van der Waals surface area contributed by atoms with Gasteiger partial charge < -0.3 is 15.7 Å². The molecule has 0 saturated carbocycles. The minimum absolute atomic E-state index is 0.373. The highest BCUT2D eigenvalue weighted by Gasteiger charge is 2.20. The summed E-state index contributed by atoms with van der Waals surface area (Å²) in [7, 11) is 0. The number of rotatable bonds is 6. The predicted molar refractivity (Wildman–Crippen MR) is 73.0 cm³/mol. The highest BCUT2D eigenvalue weighted by Crippen LogP contribution is 2.24. The molecule has 0 aromatic rings. The number of carboxylic acid groups (broad SMARTS) is 1. The molecule has 1 unspecified atom stereocenters. The van der Waals surface area contributed by atoms with Gasteiger partial charge in [0.1, 0.15) is 6.04 Å². The maximum atomic E-state index is 11.6. The summed E-state index contributed by atoms with van der Waals surface area (Å²) >= 11 is 1.88. The average Bonchev–Trinajstić information content (AvgIpc) is 2.37. The molecule has 0 aromatic carbocycles. The number of hydrogen-bond acceptors (Lipinski definition) is 3. The fourth-order valence-corrected chi connectivity index (χ4v) is 3.17. The number of hydrogen-bond donors (Lipinski definition) is 3. The van der Waals surface area contributed by atoms with Crippen molar-refractivity contribution in [1.29, 1.82) is 0 Å². The SMILES string of the molecule is CCC[C@H](NC(=O)NCC1CCCCS1)C(=O)O. The molecule has 1 rings (SSSR count). The van der Waals surface area contributed by atoms with Gasteiger partial charge in [-0.2, -0.15) is 11.8 Å². The molecule has 6 heteroatoms. The van der Waals surface area contributed by atoms with Crippen LogP contribution in [0, 0.1) is 0 Å². The van der Waals surface area contributed by atoms with Crippen LogP contribution in [0.15, 0.2) is 0 Å². The van der Waals surface area contributed by atoms with Crippen LogP contribution in [0.2, 0.25) is 0 Å². The maximum Gasteiger partial charge on any atom is 0.326 e. The minimum atomic E-state index is -0.973. The lowest BCUT2D eigenvalue weighted by molar-refractivity contribution is -0.139. The molecule has 5 nitrogen and oxygen atoms in total. The summed E-state index contributed by atoms with van der Waals surface area (Å²) in [6, 6.07) is -1.16. The van der Waals surface area contributed by atoms with E-state index in [2.05, 4.69) is 10.6 Å².